The summed E-state index contributed by atoms with van der Waals surface area (Å²) >= 11 is 0. The molecule has 1 aliphatic heterocycles. The number of hydrogen-bond donors (Lipinski definition) is 3. The zero-order valence-electron chi connectivity index (χ0n) is 12.3. The van der Waals surface area contributed by atoms with Gasteiger partial charge >= 0.3 is 0 Å². The van der Waals surface area contributed by atoms with Gasteiger partial charge in [0.2, 0.25) is 0 Å². The molecule has 20 heavy (non-hydrogen) atoms. The molecule has 1 heterocycles. The molecule has 3 aliphatic rings. The van der Waals surface area contributed by atoms with Crippen molar-refractivity contribution in [2.45, 2.75) is 56.7 Å². The van der Waals surface area contributed by atoms with Gasteiger partial charge in [0, 0.05) is 31.2 Å². The van der Waals surface area contributed by atoms with Crippen molar-refractivity contribution in [3.05, 3.63) is 35.5 Å². The number of rotatable bonds is 3. The quantitative estimate of drug-likeness (QED) is 0.737. The molecule has 3 heteroatoms. The van der Waals surface area contributed by atoms with Gasteiger partial charge in [0.05, 0.1) is 0 Å². The summed E-state index contributed by atoms with van der Waals surface area (Å²) in [6.07, 6.45) is 16.2. The van der Waals surface area contributed by atoms with E-state index in [4.69, 9.17) is 5.73 Å². The maximum Gasteiger partial charge on any atom is 0.0236 e. The second kappa shape index (κ2) is 6.70. The van der Waals surface area contributed by atoms with Crippen LogP contribution in [-0.2, 0) is 0 Å². The first-order valence-electron chi connectivity index (χ1n) is 8.08. The van der Waals surface area contributed by atoms with Crippen LogP contribution in [0.5, 0.6) is 0 Å². The fraction of sp³-hybridized carbons (Fsp3) is 0.647. The molecule has 1 atom stereocenters. The Balaban J connectivity index is 1.48. The Kier molecular flexibility index (Phi) is 4.71. The molecule has 110 valence electrons. The molecule has 0 aromatic rings. The number of nitrogens with two attached hydrogens (primary N) is 1. The van der Waals surface area contributed by atoms with Crippen molar-refractivity contribution in [1.29, 1.82) is 0 Å². The highest BCUT2D eigenvalue weighted by atomic mass is 15.0. The van der Waals surface area contributed by atoms with E-state index >= 15 is 0 Å². The van der Waals surface area contributed by atoms with Crippen molar-refractivity contribution < 1.29 is 0 Å². The molecule has 0 amide bonds. The zero-order chi connectivity index (χ0) is 13.8. The van der Waals surface area contributed by atoms with Gasteiger partial charge in [0.25, 0.3) is 0 Å². The summed E-state index contributed by atoms with van der Waals surface area (Å²) in [4.78, 5) is 0. The minimum Gasteiger partial charge on any atom is -0.328 e. The summed E-state index contributed by atoms with van der Waals surface area (Å²) in [6.45, 7) is 2.09. The lowest BCUT2D eigenvalue weighted by Crippen LogP contribution is -2.46. The van der Waals surface area contributed by atoms with Gasteiger partial charge in [0.1, 0.15) is 0 Å². The molecule has 0 radical (unpaired) electrons. The largest absolute Gasteiger partial charge is 0.328 e. The molecule has 3 nitrogen and oxygen atoms in total. The van der Waals surface area contributed by atoms with Crippen LogP contribution in [0.3, 0.4) is 0 Å². The van der Waals surface area contributed by atoms with E-state index in [1.807, 2.05) is 0 Å². The molecule has 2 aliphatic carbocycles. The molecule has 0 spiro atoms. The van der Waals surface area contributed by atoms with Crippen LogP contribution < -0.4 is 16.4 Å². The first-order chi connectivity index (χ1) is 9.81. The van der Waals surface area contributed by atoms with E-state index in [0.717, 1.165) is 25.9 Å². The summed E-state index contributed by atoms with van der Waals surface area (Å²) < 4.78 is 0. The lowest BCUT2D eigenvalue weighted by atomic mass is 9.91. The Morgan fingerprint density at radius 3 is 2.65 bits per heavy atom. The molecule has 3 rings (SSSR count). The van der Waals surface area contributed by atoms with Gasteiger partial charge in [0.15, 0.2) is 0 Å². The third kappa shape index (κ3) is 3.60. The Morgan fingerprint density at radius 2 is 1.85 bits per heavy atom. The van der Waals surface area contributed by atoms with E-state index in [0.29, 0.717) is 18.1 Å². The van der Waals surface area contributed by atoms with Gasteiger partial charge in [-0.15, -0.1) is 0 Å². The van der Waals surface area contributed by atoms with Crippen molar-refractivity contribution in [3.8, 4) is 0 Å². The molecule has 1 saturated carbocycles. The Morgan fingerprint density at radius 1 is 1.10 bits per heavy atom. The van der Waals surface area contributed by atoms with Crippen molar-refractivity contribution in [2.75, 3.05) is 13.1 Å². The fourth-order valence-electron chi connectivity index (χ4n) is 3.45. The number of hydrogen-bond acceptors (Lipinski definition) is 3. The monoisotopic (exact) mass is 273 g/mol. The van der Waals surface area contributed by atoms with Crippen molar-refractivity contribution in [3.63, 3.8) is 0 Å². The summed E-state index contributed by atoms with van der Waals surface area (Å²) in [6, 6.07) is 1.69. The molecule has 0 aromatic carbocycles. The van der Waals surface area contributed by atoms with Crippen LogP contribution in [-0.4, -0.2) is 31.2 Å². The van der Waals surface area contributed by atoms with E-state index in [9.17, 15) is 0 Å². The summed E-state index contributed by atoms with van der Waals surface area (Å²) in [5.74, 6) is 0. The van der Waals surface area contributed by atoms with E-state index in [2.05, 4.69) is 34.9 Å². The van der Waals surface area contributed by atoms with Crippen molar-refractivity contribution in [1.82, 2.24) is 10.6 Å². The molecule has 1 fully saturated rings. The van der Waals surface area contributed by atoms with E-state index < -0.39 is 0 Å². The molecular weight excluding hydrogens is 246 g/mol. The lowest BCUT2D eigenvalue weighted by molar-refractivity contribution is 0.327. The molecule has 4 N–H and O–H groups in total. The zero-order valence-corrected chi connectivity index (χ0v) is 12.3. The van der Waals surface area contributed by atoms with Crippen LogP contribution in [0, 0.1) is 0 Å². The van der Waals surface area contributed by atoms with Gasteiger partial charge in [-0.25, -0.2) is 0 Å². The first kappa shape index (κ1) is 14.1. The predicted octanol–water partition coefficient (Wildman–Crippen LogP) is 2.02. The first-order valence-corrected chi connectivity index (χ1v) is 8.08. The van der Waals surface area contributed by atoms with Crippen LogP contribution >= 0.6 is 0 Å². The maximum absolute atomic E-state index is 5.96. The topological polar surface area (TPSA) is 50.1 Å². The van der Waals surface area contributed by atoms with Gasteiger partial charge in [-0.1, -0.05) is 24.3 Å². The van der Waals surface area contributed by atoms with Crippen LogP contribution in [0.25, 0.3) is 0 Å². The minimum atomic E-state index is 0.441. The average Bonchev–Trinajstić information content (AvgIpc) is 2.71. The standard InChI is InChI=1S/C17H27N3/c18-15-6-8-16(9-7-15)20-12-17-10-13-4-2-1-3-5-14(13)11-19-17/h2-5,15-17,19-20H,1,6-12,18H2. The molecular formula is C17H27N3. The van der Waals surface area contributed by atoms with Gasteiger partial charge in [-0.3, -0.25) is 0 Å². The summed E-state index contributed by atoms with van der Waals surface area (Å²) in [5, 5.41) is 7.40. The molecule has 0 saturated heterocycles. The van der Waals surface area contributed by atoms with Gasteiger partial charge < -0.3 is 16.4 Å². The summed E-state index contributed by atoms with van der Waals surface area (Å²) in [7, 11) is 0. The predicted molar refractivity (Wildman–Crippen MR) is 84.6 cm³/mol. The van der Waals surface area contributed by atoms with Gasteiger partial charge in [-0.2, -0.15) is 0 Å². The third-order valence-corrected chi connectivity index (χ3v) is 4.79. The third-order valence-electron chi connectivity index (χ3n) is 4.79. The van der Waals surface area contributed by atoms with E-state index in [-0.39, 0.29) is 0 Å². The second-order valence-electron chi connectivity index (χ2n) is 6.39. The molecule has 0 aromatic heterocycles. The number of nitrogens with one attached hydrogen (secondary N) is 2. The molecule has 0 bridgehead atoms. The van der Waals surface area contributed by atoms with E-state index in [1.165, 1.54) is 36.8 Å². The van der Waals surface area contributed by atoms with Crippen LogP contribution in [0.4, 0.5) is 0 Å². The Hall–Kier alpha value is -0.900. The van der Waals surface area contributed by atoms with Crippen LogP contribution in [0.15, 0.2) is 35.5 Å². The highest BCUT2D eigenvalue weighted by Gasteiger charge is 2.22. The summed E-state index contributed by atoms with van der Waals surface area (Å²) in [5.41, 5.74) is 8.96. The van der Waals surface area contributed by atoms with Crippen LogP contribution in [0.1, 0.15) is 38.5 Å². The highest BCUT2D eigenvalue weighted by Crippen LogP contribution is 2.22. The molecule has 1 unspecified atom stereocenters. The van der Waals surface area contributed by atoms with Crippen molar-refractivity contribution in [2.24, 2.45) is 5.73 Å². The lowest BCUT2D eigenvalue weighted by Gasteiger charge is -2.31. The van der Waals surface area contributed by atoms with Crippen molar-refractivity contribution >= 4 is 0 Å². The van der Waals surface area contributed by atoms with Gasteiger partial charge in [-0.05, 0) is 49.7 Å². The fourth-order valence-corrected chi connectivity index (χ4v) is 3.45. The Bertz CT molecular complexity index is 414. The average molecular weight is 273 g/mol. The SMILES string of the molecule is NC1CCC(NCC2CC3=C(C=CCC=C3)CN2)CC1. The normalized spacial score (nSPS) is 34.0. The van der Waals surface area contributed by atoms with E-state index in [1.54, 1.807) is 0 Å². The Labute approximate surface area is 122 Å². The second-order valence-corrected chi connectivity index (χ2v) is 6.39. The highest BCUT2D eigenvalue weighted by molar-refractivity contribution is 5.39. The number of allylic oxidation sites excluding steroid dienone is 3. The van der Waals surface area contributed by atoms with Crippen LogP contribution in [0.2, 0.25) is 0 Å². The minimum absolute atomic E-state index is 0.441. The smallest absolute Gasteiger partial charge is 0.0236 e. The maximum atomic E-state index is 5.96.